The molecular weight excluding hydrogens is 383 g/mol. The van der Waals surface area contributed by atoms with Gasteiger partial charge in [0.15, 0.2) is 11.5 Å². The summed E-state index contributed by atoms with van der Waals surface area (Å²) in [4.78, 5) is 25.4. The number of halogens is 1. The molecule has 1 aliphatic rings. The first-order chi connectivity index (χ1) is 13.6. The Morgan fingerprint density at radius 1 is 1.04 bits per heavy atom. The van der Waals surface area contributed by atoms with Crippen molar-refractivity contribution in [1.82, 2.24) is 0 Å². The molecule has 0 saturated heterocycles. The van der Waals surface area contributed by atoms with Crippen LogP contribution in [-0.2, 0) is 11.2 Å². The minimum atomic E-state index is -0.583. The predicted molar refractivity (Wildman–Crippen MR) is 104 cm³/mol. The van der Waals surface area contributed by atoms with Crippen molar-refractivity contribution >= 4 is 34.5 Å². The van der Waals surface area contributed by atoms with Crippen molar-refractivity contribution in [2.45, 2.75) is 6.42 Å². The number of rotatable bonds is 5. The Morgan fingerprint density at radius 2 is 1.89 bits per heavy atom. The number of thiophene rings is 1. The lowest BCUT2D eigenvalue weighted by atomic mass is 10.1. The molecule has 6 nitrogen and oxygen atoms in total. The van der Waals surface area contributed by atoms with Crippen LogP contribution in [-0.4, -0.2) is 18.6 Å². The number of ether oxygens (including phenoxy) is 2. The summed E-state index contributed by atoms with van der Waals surface area (Å²) in [5.74, 6) is -0.232. The van der Waals surface area contributed by atoms with Crippen LogP contribution in [0.2, 0.25) is 0 Å². The van der Waals surface area contributed by atoms with E-state index in [4.69, 9.17) is 9.47 Å². The largest absolute Gasteiger partial charge is 0.454 e. The van der Waals surface area contributed by atoms with Crippen LogP contribution >= 0.6 is 11.3 Å². The Labute approximate surface area is 163 Å². The van der Waals surface area contributed by atoms with E-state index in [2.05, 4.69) is 10.6 Å². The SMILES string of the molecule is O=C(Cc1cccs1)Nc1cc(NC(=O)c2ccc3c(c2)OCO3)ccc1F. The number of nitrogens with one attached hydrogen (secondary N) is 2. The highest BCUT2D eigenvalue weighted by Crippen LogP contribution is 2.32. The second-order valence-electron chi connectivity index (χ2n) is 6.02. The maximum atomic E-state index is 14.1. The van der Waals surface area contributed by atoms with E-state index in [0.29, 0.717) is 22.7 Å². The molecule has 4 rings (SSSR count). The third kappa shape index (κ3) is 3.96. The van der Waals surface area contributed by atoms with Crippen molar-refractivity contribution in [3.8, 4) is 11.5 Å². The first-order valence-corrected chi connectivity index (χ1v) is 9.29. The van der Waals surface area contributed by atoms with Crippen molar-refractivity contribution < 1.29 is 23.5 Å². The normalized spacial score (nSPS) is 11.9. The summed E-state index contributed by atoms with van der Waals surface area (Å²) in [6.07, 6.45) is 0.158. The molecule has 0 atom stereocenters. The van der Waals surface area contributed by atoms with Gasteiger partial charge in [-0.3, -0.25) is 9.59 Å². The highest BCUT2D eigenvalue weighted by atomic mass is 32.1. The van der Waals surface area contributed by atoms with E-state index in [0.717, 1.165) is 4.88 Å². The number of anilines is 2. The summed E-state index contributed by atoms with van der Waals surface area (Å²) in [5.41, 5.74) is 0.734. The summed E-state index contributed by atoms with van der Waals surface area (Å²) in [6, 6.07) is 12.5. The van der Waals surface area contributed by atoms with Crippen molar-refractivity contribution in [2.24, 2.45) is 0 Å². The highest BCUT2D eigenvalue weighted by Gasteiger charge is 2.17. The molecule has 3 aromatic rings. The molecule has 1 aromatic heterocycles. The standard InChI is InChI=1S/C20H15FN2O4S/c21-15-5-4-13(9-16(15)23-19(24)10-14-2-1-7-28-14)22-20(25)12-3-6-17-18(8-12)27-11-26-17/h1-9H,10-11H2,(H,22,25)(H,23,24). The van der Waals surface area contributed by atoms with Gasteiger partial charge in [0.25, 0.3) is 5.91 Å². The Hall–Kier alpha value is -3.39. The molecule has 142 valence electrons. The molecule has 2 amide bonds. The fraction of sp³-hybridized carbons (Fsp3) is 0.100. The van der Waals surface area contributed by atoms with Gasteiger partial charge in [0.05, 0.1) is 12.1 Å². The molecule has 2 heterocycles. The van der Waals surface area contributed by atoms with Crippen LogP contribution in [0.3, 0.4) is 0 Å². The predicted octanol–water partition coefficient (Wildman–Crippen LogP) is 4.05. The molecule has 0 unspecified atom stereocenters. The second-order valence-corrected chi connectivity index (χ2v) is 7.05. The fourth-order valence-corrected chi connectivity index (χ4v) is 3.41. The number of fused-ring (bicyclic) bond motifs is 1. The lowest BCUT2D eigenvalue weighted by Gasteiger charge is -2.10. The van der Waals surface area contributed by atoms with Gasteiger partial charge < -0.3 is 20.1 Å². The summed E-state index contributed by atoms with van der Waals surface area (Å²) in [5, 5.41) is 7.10. The highest BCUT2D eigenvalue weighted by molar-refractivity contribution is 7.10. The number of amides is 2. The van der Waals surface area contributed by atoms with Gasteiger partial charge in [-0.25, -0.2) is 4.39 Å². The van der Waals surface area contributed by atoms with E-state index in [9.17, 15) is 14.0 Å². The summed E-state index contributed by atoms with van der Waals surface area (Å²) < 4.78 is 24.5. The maximum absolute atomic E-state index is 14.1. The van der Waals surface area contributed by atoms with Crippen molar-refractivity contribution in [2.75, 3.05) is 17.4 Å². The molecule has 0 fully saturated rings. The second kappa shape index (κ2) is 7.69. The Kier molecular flexibility index (Phi) is 4.94. The van der Waals surface area contributed by atoms with Crippen LogP contribution < -0.4 is 20.1 Å². The van der Waals surface area contributed by atoms with Gasteiger partial charge in [0, 0.05) is 16.1 Å². The fourth-order valence-electron chi connectivity index (χ4n) is 2.71. The number of benzene rings is 2. The van der Waals surface area contributed by atoms with Crippen molar-refractivity contribution in [3.63, 3.8) is 0 Å². The Morgan fingerprint density at radius 3 is 2.71 bits per heavy atom. The molecule has 0 saturated carbocycles. The maximum Gasteiger partial charge on any atom is 0.255 e. The topological polar surface area (TPSA) is 76.7 Å². The number of hydrogen-bond acceptors (Lipinski definition) is 5. The molecule has 28 heavy (non-hydrogen) atoms. The first kappa shape index (κ1) is 18.0. The van der Waals surface area contributed by atoms with E-state index in [1.165, 1.54) is 29.5 Å². The lowest BCUT2D eigenvalue weighted by molar-refractivity contribution is -0.115. The van der Waals surface area contributed by atoms with E-state index < -0.39 is 5.82 Å². The van der Waals surface area contributed by atoms with Crippen LogP contribution in [0.25, 0.3) is 0 Å². The molecule has 0 radical (unpaired) electrons. The molecular formula is C20H15FN2O4S. The molecule has 0 aliphatic carbocycles. The first-order valence-electron chi connectivity index (χ1n) is 8.41. The molecule has 0 spiro atoms. The molecule has 0 bridgehead atoms. The average Bonchev–Trinajstić information content (AvgIpc) is 3.35. The smallest absolute Gasteiger partial charge is 0.255 e. The summed E-state index contributed by atoms with van der Waals surface area (Å²) in [6.45, 7) is 0.118. The zero-order chi connectivity index (χ0) is 19.5. The Balaban J connectivity index is 1.45. The van der Waals surface area contributed by atoms with Gasteiger partial charge in [-0.2, -0.15) is 0 Å². The number of hydrogen-bond donors (Lipinski definition) is 2. The molecule has 2 N–H and O–H groups in total. The van der Waals surface area contributed by atoms with E-state index >= 15 is 0 Å². The van der Waals surface area contributed by atoms with Gasteiger partial charge >= 0.3 is 0 Å². The third-order valence-electron chi connectivity index (χ3n) is 4.05. The van der Waals surface area contributed by atoms with Gasteiger partial charge in [0.2, 0.25) is 12.7 Å². The van der Waals surface area contributed by atoms with Crippen LogP contribution in [0.5, 0.6) is 11.5 Å². The quantitative estimate of drug-likeness (QED) is 0.680. The summed E-state index contributed by atoms with van der Waals surface area (Å²) in [7, 11) is 0. The van der Waals surface area contributed by atoms with Crippen molar-refractivity contribution in [3.05, 3.63) is 70.2 Å². The minimum absolute atomic E-state index is 0.00467. The Bertz CT molecular complexity index is 1040. The molecule has 1 aliphatic heterocycles. The van der Waals surface area contributed by atoms with Crippen LogP contribution in [0.4, 0.5) is 15.8 Å². The van der Waals surface area contributed by atoms with Gasteiger partial charge in [-0.05, 0) is 47.8 Å². The minimum Gasteiger partial charge on any atom is -0.454 e. The number of carbonyl (C=O) groups is 2. The van der Waals surface area contributed by atoms with Gasteiger partial charge in [-0.1, -0.05) is 6.07 Å². The van der Waals surface area contributed by atoms with Gasteiger partial charge in [0.1, 0.15) is 5.82 Å². The zero-order valence-corrected chi connectivity index (χ0v) is 15.3. The third-order valence-corrected chi connectivity index (χ3v) is 4.92. The summed E-state index contributed by atoms with van der Waals surface area (Å²) >= 11 is 1.45. The van der Waals surface area contributed by atoms with Crippen LogP contribution in [0, 0.1) is 5.82 Å². The van der Waals surface area contributed by atoms with Crippen LogP contribution in [0.1, 0.15) is 15.2 Å². The molecule has 8 heteroatoms. The zero-order valence-electron chi connectivity index (χ0n) is 14.5. The monoisotopic (exact) mass is 398 g/mol. The van der Waals surface area contributed by atoms with E-state index in [1.807, 2.05) is 17.5 Å². The van der Waals surface area contributed by atoms with Crippen LogP contribution in [0.15, 0.2) is 53.9 Å². The van der Waals surface area contributed by atoms with E-state index in [1.54, 1.807) is 18.2 Å². The van der Waals surface area contributed by atoms with Crippen molar-refractivity contribution in [1.29, 1.82) is 0 Å². The molecule has 2 aromatic carbocycles. The van der Waals surface area contributed by atoms with Gasteiger partial charge in [-0.15, -0.1) is 11.3 Å². The van der Waals surface area contributed by atoms with E-state index in [-0.39, 0.29) is 30.7 Å². The average molecular weight is 398 g/mol. The number of carbonyl (C=O) groups excluding carboxylic acids is 2. The lowest BCUT2D eigenvalue weighted by Crippen LogP contribution is -2.16.